The predicted octanol–water partition coefficient (Wildman–Crippen LogP) is 3.72. The van der Waals surface area contributed by atoms with Gasteiger partial charge in [0.2, 0.25) is 5.91 Å². The van der Waals surface area contributed by atoms with Gasteiger partial charge in [0.15, 0.2) is 0 Å². The van der Waals surface area contributed by atoms with Crippen molar-refractivity contribution >= 4 is 17.5 Å². The fourth-order valence-electron chi connectivity index (χ4n) is 3.74. The summed E-state index contributed by atoms with van der Waals surface area (Å²) in [4.78, 5) is 30.9. The number of hydrogen-bond acceptors (Lipinski definition) is 4. The molecular formula is C23H23FN4O2. The molecule has 0 N–H and O–H groups in total. The topological polar surface area (TPSA) is 68.1 Å². The van der Waals surface area contributed by atoms with Gasteiger partial charge < -0.3 is 0 Å². The van der Waals surface area contributed by atoms with Crippen molar-refractivity contribution < 1.29 is 14.0 Å². The third-order valence-corrected chi connectivity index (χ3v) is 5.17. The van der Waals surface area contributed by atoms with E-state index in [1.165, 1.54) is 12.3 Å². The van der Waals surface area contributed by atoms with E-state index in [1.54, 1.807) is 17.0 Å². The highest BCUT2D eigenvalue weighted by atomic mass is 19.1. The highest BCUT2D eigenvalue weighted by molar-refractivity contribution is 5.95. The number of fused-ring (bicyclic) bond motifs is 1. The van der Waals surface area contributed by atoms with E-state index in [0.717, 1.165) is 24.5 Å². The second kappa shape index (κ2) is 8.57. The number of halogens is 1. The van der Waals surface area contributed by atoms with Crippen LogP contribution in [0.1, 0.15) is 30.5 Å². The first-order valence-electron chi connectivity index (χ1n) is 10.1. The number of aryl methyl sites for hydroxylation is 2. The number of hydrogen-bond donors (Lipinski definition) is 0. The first-order valence-corrected chi connectivity index (χ1v) is 10.1. The molecule has 3 aromatic rings. The van der Waals surface area contributed by atoms with Gasteiger partial charge in [0.25, 0.3) is 0 Å². The van der Waals surface area contributed by atoms with E-state index in [2.05, 4.69) is 10.1 Å². The molecule has 0 unspecified atom stereocenters. The predicted molar refractivity (Wildman–Crippen MR) is 112 cm³/mol. The first-order chi connectivity index (χ1) is 14.5. The zero-order chi connectivity index (χ0) is 21.1. The van der Waals surface area contributed by atoms with Crippen molar-refractivity contribution in [3.63, 3.8) is 0 Å². The molecule has 1 aliphatic rings. The van der Waals surface area contributed by atoms with Crippen molar-refractivity contribution in [1.82, 2.24) is 14.8 Å². The molecule has 2 aromatic heterocycles. The molecule has 154 valence electrons. The Bertz CT molecular complexity index is 1080. The van der Waals surface area contributed by atoms with Crippen LogP contribution in [-0.4, -0.2) is 33.0 Å². The van der Waals surface area contributed by atoms with Crippen LogP contribution in [-0.2, 0) is 22.6 Å². The van der Waals surface area contributed by atoms with E-state index in [-0.39, 0.29) is 36.6 Å². The summed E-state index contributed by atoms with van der Waals surface area (Å²) in [7, 11) is 0. The van der Waals surface area contributed by atoms with Crippen molar-refractivity contribution in [2.45, 2.75) is 39.2 Å². The molecule has 1 aliphatic heterocycles. The van der Waals surface area contributed by atoms with E-state index >= 15 is 0 Å². The highest BCUT2D eigenvalue weighted by Gasteiger charge is 2.24. The molecule has 0 saturated carbocycles. The fourth-order valence-corrected chi connectivity index (χ4v) is 3.74. The van der Waals surface area contributed by atoms with Crippen LogP contribution in [0.2, 0.25) is 0 Å². The summed E-state index contributed by atoms with van der Waals surface area (Å²) in [6.45, 7) is 3.32. The normalized spacial score (nSPS) is 13.2. The molecular weight excluding hydrogens is 383 g/mol. The summed E-state index contributed by atoms with van der Waals surface area (Å²) in [5.41, 5.74) is 2.33. The maximum absolute atomic E-state index is 14.4. The lowest BCUT2D eigenvalue weighted by Crippen LogP contribution is -2.37. The Kier molecular flexibility index (Phi) is 5.70. The lowest BCUT2D eigenvalue weighted by atomic mass is 10.0. The molecule has 0 fully saturated rings. The summed E-state index contributed by atoms with van der Waals surface area (Å²) >= 11 is 0. The standard InChI is InChI=1S/C23H23FN4O2/c1-16-12-21-27(10-5-11-28(21)26-16)22(30)9-8-19(29)13-17-14-20(24)23(25-15-17)18-6-3-2-4-7-18/h2-4,6-7,12,14-15H,5,8-11,13H2,1H3. The summed E-state index contributed by atoms with van der Waals surface area (Å²) in [6.07, 6.45) is 2.67. The number of anilines is 1. The lowest BCUT2D eigenvalue weighted by molar-refractivity contribution is -0.123. The Labute approximate surface area is 174 Å². The fraction of sp³-hybridized carbons (Fsp3) is 0.304. The van der Waals surface area contributed by atoms with E-state index in [9.17, 15) is 14.0 Å². The summed E-state index contributed by atoms with van der Waals surface area (Å²) < 4.78 is 16.3. The van der Waals surface area contributed by atoms with Crippen LogP contribution >= 0.6 is 0 Å². The van der Waals surface area contributed by atoms with Gasteiger partial charge in [-0.3, -0.25) is 19.5 Å². The van der Waals surface area contributed by atoms with Gasteiger partial charge in [0.05, 0.1) is 5.69 Å². The molecule has 0 bridgehead atoms. The Morgan fingerprint density at radius 2 is 1.90 bits per heavy atom. The van der Waals surface area contributed by atoms with Crippen molar-refractivity contribution in [3.05, 3.63) is 65.7 Å². The van der Waals surface area contributed by atoms with Crippen molar-refractivity contribution in [2.24, 2.45) is 0 Å². The third kappa shape index (κ3) is 4.30. The number of pyridine rings is 1. The van der Waals surface area contributed by atoms with E-state index in [4.69, 9.17) is 0 Å². The molecule has 0 radical (unpaired) electrons. The van der Waals surface area contributed by atoms with Gasteiger partial charge in [0.1, 0.15) is 23.1 Å². The van der Waals surface area contributed by atoms with E-state index < -0.39 is 5.82 Å². The molecule has 0 aliphatic carbocycles. The lowest BCUT2D eigenvalue weighted by Gasteiger charge is -2.27. The van der Waals surface area contributed by atoms with Crippen molar-refractivity contribution in [2.75, 3.05) is 11.4 Å². The van der Waals surface area contributed by atoms with E-state index in [1.807, 2.05) is 35.9 Å². The van der Waals surface area contributed by atoms with Crippen LogP contribution in [0.5, 0.6) is 0 Å². The smallest absolute Gasteiger partial charge is 0.228 e. The molecule has 4 rings (SSSR count). The number of aromatic nitrogens is 3. The van der Waals surface area contributed by atoms with Gasteiger partial charge in [-0.25, -0.2) is 9.07 Å². The minimum absolute atomic E-state index is 0.0588. The number of Topliss-reactive ketones (excluding diaryl/α,β-unsaturated/α-hetero) is 1. The number of carbonyl (C=O) groups excluding carboxylic acids is 2. The van der Waals surface area contributed by atoms with E-state index in [0.29, 0.717) is 17.7 Å². The molecule has 0 atom stereocenters. The van der Waals surface area contributed by atoms with Gasteiger partial charge in [-0.2, -0.15) is 5.10 Å². The quantitative estimate of drug-likeness (QED) is 0.626. The molecule has 1 amide bonds. The van der Waals surface area contributed by atoms with Gasteiger partial charge in [-0.05, 0) is 25.0 Å². The number of rotatable bonds is 6. The Balaban J connectivity index is 1.35. The van der Waals surface area contributed by atoms with Gasteiger partial charge in [-0.15, -0.1) is 0 Å². The number of amides is 1. The third-order valence-electron chi connectivity index (χ3n) is 5.17. The van der Waals surface area contributed by atoms with Gasteiger partial charge in [-0.1, -0.05) is 30.3 Å². The minimum Gasteiger partial charge on any atom is -0.299 e. The maximum Gasteiger partial charge on any atom is 0.228 e. The largest absolute Gasteiger partial charge is 0.299 e. The zero-order valence-corrected chi connectivity index (χ0v) is 16.8. The highest BCUT2D eigenvalue weighted by Crippen LogP contribution is 2.23. The van der Waals surface area contributed by atoms with Crippen LogP contribution in [0.25, 0.3) is 11.3 Å². The summed E-state index contributed by atoms with van der Waals surface area (Å²) in [6, 6.07) is 12.3. The Morgan fingerprint density at radius 1 is 1.10 bits per heavy atom. The van der Waals surface area contributed by atoms with Gasteiger partial charge >= 0.3 is 0 Å². The maximum atomic E-state index is 14.4. The molecule has 0 spiro atoms. The average Bonchev–Trinajstić information content (AvgIpc) is 3.13. The summed E-state index contributed by atoms with van der Waals surface area (Å²) in [5, 5.41) is 4.39. The van der Waals surface area contributed by atoms with Gasteiger partial charge in [0, 0.05) is 50.2 Å². The minimum atomic E-state index is -0.459. The molecule has 3 heterocycles. The van der Waals surface area contributed by atoms with Crippen LogP contribution in [0.4, 0.5) is 10.2 Å². The average molecular weight is 406 g/mol. The Morgan fingerprint density at radius 3 is 2.67 bits per heavy atom. The van der Waals surface area contributed by atoms with Crippen molar-refractivity contribution in [3.8, 4) is 11.3 Å². The first kappa shape index (κ1) is 19.9. The van der Waals surface area contributed by atoms with Crippen LogP contribution in [0.3, 0.4) is 0 Å². The monoisotopic (exact) mass is 406 g/mol. The van der Waals surface area contributed by atoms with Crippen molar-refractivity contribution in [1.29, 1.82) is 0 Å². The zero-order valence-electron chi connectivity index (χ0n) is 16.8. The van der Waals surface area contributed by atoms with Crippen LogP contribution in [0, 0.1) is 12.7 Å². The number of carbonyl (C=O) groups is 2. The SMILES string of the molecule is Cc1cc2n(n1)CCCN2C(=O)CCC(=O)Cc1cnc(-c2ccccc2)c(F)c1. The number of benzene rings is 1. The molecule has 30 heavy (non-hydrogen) atoms. The molecule has 7 heteroatoms. The second-order valence-corrected chi connectivity index (χ2v) is 7.52. The second-order valence-electron chi connectivity index (χ2n) is 7.52. The molecule has 0 saturated heterocycles. The van der Waals surface area contributed by atoms with Crippen LogP contribution in [0.15, 0.2) is 48.7 Å². The summed E-state index contributed by atoms with van der Waals surface area (Å²) in [5.74, 6) is 0.130. The molecule has 6 nitrogen and oxygen atoms in total. The molecule has 1 aromatic carbocycles. The number of nitrogens with zero attached hydrogens (tertiary/aromatic N) is 4. The van der Waals surface area contributed by atoms with Crippen LogP contribution < -0.4 is 4.90 Å². The number of ketones is 1. The Hall–Kier alpha value is -3.35.